The molecule has 0 fully saturated rings. The molecule has 0 radical (unpaired) electrons. The number of benzene rings is 1. The van der Waals surface area contributed by atoms with Crippen LogP contribution in [0.15, 0.2) is 30.3 Å². The van der Waals surface area contributed by atoms with Gasteiger partial charge in [0.2, 0.25) is 0 Å². The van der Waals surface area contributed by atoms with Crippen molar-refractivity contribution in [2.75, 3.05) is 7.11 Å². The van der Waals surface area contributed by atoms with E-state index in [2.05, 4.69) is 19.1 Å². The third kappa shape index (κ3) is 3.48. The molecule has 0 aliphatic carbocycles. The van der Waals surface area contributed by atoms with Crippen LogP contribution in [0.4, 0.5) is 0 Å². The lowest BCUT2D eigenvalue weighted by molar-refractivity contribution is 0.107. The molecule has 0 aromatic heterocycles. The quantitative estimate of drug-likeness (QED) is 0.779. The number of rotatable bonds is 5. The van der Waals surface area contributed by atoms with Crippen LogP contribution in [0.25, 0.3) is 0 Å². The summed E-state index contributed by atoms with van der Waals surface area (Å²) in [5.41, 5.74) is 7.25. The average Bonchev–Trinajstić information content (AvgIpc) is 2.26. The topological polar surface area (TPSA) is 35.2 Å². The Kier molecular flexibility index (Phi) is 4.63. The second kappa shape index (κ2) is 5.78. The second-order valence-corrected chi connectivity index (χ2v) is 3.64. The van der Waals surface area contributed by atoms with E-state index in [9.17, 15) is 0 Å². The van der Waals surface area contributed by atoms with E-state index in [-0.39, 0.29) is 6.04 Å². The zero-order valence-electron chi connectivity index (χ0n) is 8.94. The van der Waals surface area contributed by atoms with Gasteiger partial charge in [0.05, 0.1) is 6.10 Å². The van der Waals surface area contributed by atoms with Gasteiger partial charge >= 0.3 is 0 Å². The van der Waals surface area contributed by atoms with Gasteiger partial charge in [-0.3, -0.25) is 0 Å². The highest BCUT2D eigenvalue weighted by Crippen LogP contribution is 2.16. The van der Waals surface area contributed by atoms with E-state index >= 15 is 0 Å². The fourth-order valence-electron chi connectivity index (χ4n) is 1.40. The van der Waals surface area contributed by atoms with Crippen molar-refractivity contribution >= 4 is 0 Å². The third-order valence-electron chi connectivity index (χ3n) is 2.51. The van der Waals surface area contributed by atoms with E-state index in [1.165, 1.54) is 5.56 Å². The van der Waals surface area contributed by atoms with Crippen molar-refractivity contribution in [2.45, 2.75) is 31.9 Å². The Morgan fingerprint density at radius 3 is 2.43 bits per heavy atom. The van der Waals surface area contributed by atoms with E-state index in [0.29, 0.717) is 6.10 Å². The van der Waals surface area contributed by atoms with Gasteiger partial charge in [-0.05, 0) is 25.3 Å². The van der Waals surface area contributed by atoms with Crippen LogP contribution in [0.2, 0.25) is 0 Å². The van der Waals surface area contributed by atoms with Crippen molar-refractivity contribution in [1.29, 1.82) is 0 Å². The van der Waals surface area contributed by atoms with Crippen LogP contribution in [-0.2, 0) is 4.74 Å². The molecule has 14 heavy (non-hydrogen) atoms. The van der Waals surface area contributed by atoms with Crippen molar-refractivity contribution in [2.24, 2.45) is 5.73 Å². The summed E-state index contributed by atoms with van der Waals surface area (Å²) in [5.74, 6) is 0. The Balaban J connectivity index is 2.39. The zero-order valence-corrected chi connectivity index (χ0v) is 8.94. The Morgan fingerprint density at radius 1 is 1.21 bits per heavy atom. The molecule has 78 valence electrons. The standard InChI is InChI=1S/C12H19NO/c1-10(14-2)8-9-12(13)11-6-4-3-5-7-11/h3-7,10,12H,8-9,13H2,1-2H3. The summed E-state index contributed by atoms with van der Waals surface area (Å²) in [7, 11) is 1.73. The smallest absolute Gasteiger partial charge is 0.0543 e. The first kappa shape index (κ1) is 11.2. The maximum atomic E-state index is 6.04. The minimum Gasteiger partial charge on any atom is -0.382 e. The van der Waals surface area contributed by atoms with Gasteiger partial charge in [0.1, 0.15) is 0 Å². The molecule has 2 nitrogen and oxygen atoms in total. The summed E-state index contributed by atoms with van der Waals surface area (Å²) in [6.07, 6.45) is 2.27. The summed E-state index contributed by atoms with van der Waals surface area (Å²) in [6.45, 7) is 2.07. The molecule has 0 amide bonds. The summed E-state index contributed by atoms with van der Waals surface area (Å²) in [6, 6.07) is 10.3. The molecule has 1 aromatic carbocycles. The largest absolute Gasteiger partial charge is 0.382 e. The molecule has 0 heterocycles. The van der Waals surface area contributed by atoms with Gasteiger partial charge in [-0.2, -0.15) is 0 Å². The van der Waals surface area contributed by atoms with Crippen molar-refractivity contribution in [3.8, 4) is 0 Å². The maximum Gasteiger partial charge on any atom is 0.0543 e. The molecule has 2 N–H and O–H groups in total. The Labute approximate surface area is 86.1 Å². The molecule has 2 atom stereocenters. The van der Waals surface area contributed by atoms with Gasteiger partial charge in [-0.15, -0.1) is 0 Å². The van der Waals surface area contributed by atoms with Crippen LogP contribution < -0.4 is 5.73 Å². The van der Waals surface area contributed by atoms with Crippen molar-refractivity contribution in [3.05, 3.63) is 35.9 Å². The monoisotopic (exact) mass is 193 g/mol. The normalized spacial score (nSPS) is 15.1. The number of methoxy groups -OCH3 is 1. The Hall–Kier alpha value is -0.860. The van der Waals surface area contributed by atoms with E-state index in [4.69, 9.17) is 10.5 Å². The number of hydrogen-bond acceptors (Lipinski definition) is 2. The number of ether oxygens (including phenoxy) is 1. The summed E-state index contributed by atoms with van der Waals surface area (Å²) in [4.78, 5) is 0. The van der Waals surface area contributed by atoms with Crippen molar-refractivity contribution in [1.82, 2.24) is 0 Å². The van der Waals surface area contributed by atoms with Crippen LogP contribution in [0, 0.1) is 0 Å². The molecule has 0 saturated carbocycles. The molecule has 0 aliphatic heterocycles. The molecule has 2 heteroatoms. The van der Waals surface area contributed by atoms with Gasteiger partial charge in [-0.1, -0.05) is 30.3 Å². The minimum absolute atomic E-state index is 0.133. The minimum atomic E-state index is 0.133. The second-order valence-electron chi connectivity index (χ2n) is 3.64. The van der Waals surface area contributed by atoms with E-state index in [0.717, 1.165) is 12.8 Å². The molecule has 0 saturated heterocycles. The van der Waals surface area contributed by atoms with E-state index in [1.807, 2.05) is 18.2 Å². The van der Waals surface area contributed by atoms with Gasteiger partial charge in [0.25, 0.3) is 0 Å². The highest BCUT2D eigenvalue weighted by Gasteiger charge is 2.07. The molecule has 0 spiro atoms. The molecule has 1 aromatic rings. The number of hydrogen-bond donors (Lipinski definition) is 1. The Bertz CT molecular complexity index is 248. The summed E-state index contributed by atoms with van der Waals surface area (Å²) >= 11 is 0. The third-order valence-corrected chi connectivity index (χ3v) is 2.51. The zero-order chi connectivity index (χ0) is 10.4. The van der Waals surface area contributed by atoms with E-state index in [1.54, 1.807) is 7.11 Å². The SMILES string of the molecule is COC(C)CCC(N)c1ccccc1. The first-order chi connectivity index (χ1) is 6.74. The maximum absolute atomic E-state index is 6.04. The van der Waals surface area contributed by atoms with Gasteiger partial charge in [0, 0.05) is 13.2 Å². The summed E-state index contributed by atoms with van der Waals surface area (Å²) < 4.78 is 5.18. The van der Waals surface area contributed by atoms with Crippen molar-refractivity contribution in [3.63, 3.8) is 0 Å². The summed E-state index contributed by atoms with van der Waals surface area (Å²) in [5, 5.41) is 0. The predicted octanol–water partition coefficient (Wildman–Crippen LogP) is 2.50. The van der Waals surface area contributed by atoms with E-state index < -0.39 is 0 Å². The van der Waals surface area contributed by atoms with Crippen LogP contribution in [-0.4, -0.2) is 13.2 Å². The predicted molar refractivity (Wildman–Crippen MR) is 59.1 cm³/mol. The molecule has 0 aliphatic rings. The Morgan fingerprint density at radius 2 is 1.86 bits per heavy atom. The lowest BCUT2D eigenvalue weighted by Gasteiger charge is -2.14. The molecular weight excluding hydrogens is 174 g/mol. The molecule has 1 rings (SSSR count). The van der Waals surface area contributed by atoms with Crippen LogP contribution >= 0.6 is 0 Å². The molecule has 0 bridgehead atoms. The van der Waals surface area contributed by atoms with Crippen molar-refractivity contribution < 1.29 is 4.74 Å². The average molecular weight is 193 g/mol. The van der Waals surface area contributed by atoms with Crippen LogP contribution in [0.1, 0.15) is 31.4 Å². The molecular formula is C12H19NO. The van der Waals surface area contributed by atoms with Gasteiger partial charge in [0.15, 0.2) is 0 Å². The first-order valence-electron chi connectivity index (χ1n) is 5.07. The fourth-order valence-corrected chi connectivity index (χ4v) is 1.40. The molecule has 2 unspecified atom stereocenters. The van der Waals surface area contributed by atoms with Crippen LogP contribution in [0.3, 0.4) is 0 Å². The van der Waals surface area contributed by atoms with Crippen LogP contribution in [0.5, 0.6) is 0 Å². The van der Waals surface area contributed by atoms with Gasteiger partial charge in [-0.25, -0.2) is 0 Å². The lowest BCUT2D eigenvalue weighted by atomic mass is 10.0. The fraction of sp³-hybridized carbons (Fsp3) is 0.500. The lowest BCUT2D eigenvalue weighted by Crippen LogP contribution is -2.14. The van der Waals surface area contributed by atoms with Gasteiger partial charge < -0.3 is 10.5 Å². The first-order valence-corrected chi connectivity index (χ1v) is 5.07. The number of nitrogens with two attached hydrogens (primary N) is 1. The highest BCUT2D eigenvalue weighted by atomic mass is 16.5. The highest BCUT2D eigenvalue weighted by molar-refractivity contribution is 5.18.